The summed E-state index contributed by atoms with van der Waals surface area (Å²) < 4.78 is 0. The molecule has 12 heteroatoms. The maximum Gasteiger partial charge on any atom is 0.253 e. The lowest BCUT2D eigenvalue weighted by Gasteiger charge is -2.18. The van der Waals surface area contributed by atoms with Crippen molar-refractivity contribution < 1.29 is 28.8 Å². The van der Waals surface area contributed by atoms with E-state index in [1.165, 1.54) is 46.6 Å². The van der Waals surface area contributed by atoms with Crippen LogP contribution in [0.1, 0.15) is 99.3 Å². The van der Waals surface area contributed by atoms with Gasteiger partial charge in [0.25, 0.3) is 11.8 Å². The van der Waals surface area contributed by atoms with E-state index in [0.29, 0.717) is 24.3 Å². The molecule has 0 bridgehead atoms. The number of nitrogens with zero attached hydrogens (tertiary/aromatic N) is 2. The van der Waals surface area contributed by atoms with Crippen molar-refractivity contribution in [3.8, 4) is 0 Å². The first-order valence-corrected chi connectivity index (χ1v) is 16.8. The topological polar surface area (TPSA) is 133 Å². The molecular weight excluding hydrogens is 576 g/mol. The van der Waals surface area contributed by atoms with Crippen LogP contribution in [0.3, 0.4) is 0 Å². The first-order chi connectivity index (χ1) is 19.9. The van der Waals surface area contributed by atoms with Gasteiger partial charge in [0, 0.05) is 62.3 Å². The van der Waals surface area contributed by atoms with Crippen LogP contribution in [0.4, 0.5) is 0 Å². The molecule has 0 aliphatic carbocycles. The summed E-state index contributed by atoms with van der Waals surface area (Å²) in [5, 5.41) is 5.39. The zero-order valence-corrected chi connectivity index (χ0v) is 28.0. The van der Waals surface area contributed by atoms with Gasteiger partial charge in [-0.15, -0.1) is 11.8 Å². The van der Waals surface area contributed by atoms with Crippen molar-refractivity contribution in [2.75, 3.05) is 24.6 Å². The molecule has 10 nitrogen and oxygen atoms in total. The van der Waals surface area contributed by atoms with Crippen molar-refractivity contribution in [3.63, 3.8) is 0 Å². The maximum absolute atomic E-state index is 12.1. The van der Waals surface area contributed by atoms with E-state index < -0.39 is 0 Å². The molecule has 2 rings (SSSR count). The van der Waals surface area contributed by atoms with E-state index in [1.807, 2.05) is 27.7 Å². The smallest absolute Gasteiger partial charge is 0.253 e. The minimum absolute atomic E-state index is 0.0242. The molecule has 0 radical (unpaired) electrons. The van der Waals surface area contributed by atoms with Crippen molar-refractivity contribution >= 4 is 59.8 Å². The minimum Gasteiger partial charge on any atom is -0.356 e. The summed E-state index contributed by atoms with van der Waals surface area (Å²) >= 11 is 5.38. The molecule has 6 amide bonds. The third-order valence-electron chi connectivity index (χ3n) is 6.21. The fourth-order valence-corrected chi connectivity index (χ4v) is 5.30. The number of imide groups is 2. The van der Waals surface area contributed by atoms with Gasteiger partial charge in [-0.25, -0.2) is 0 Å². The molecule has 0 aromatic rings. The Morgan fingerprint density at radius 3 is 1.69 bits per heavy atom. The Morgan fingerprint density at radius 1 is 0.833 bits per heavy atom. The van der Waals surface area contributed by atoms with Crippen molar-refractivity contribution in [2.45, 2.75) is 117 Å². The molecule has 0 aromatic heterocycles. The van der Waals surface area contributed by atoms with Crippen LogP contribution in [-0.2, 0) is 28.8 Å². The molecule has 1 atom stereocenters. The van der Waals surface area contributed by atoms with Crippen LogP contribution < -0.4 is 10.6 Å². The number of rotatable bonds is 16. The van der Waals surface area contributed by atoms with Crippen LogP contribution >= 0.6 is 24.4 Å². The summed E-state index contributed by atoms with van der Waals surface area (Å²) in [6, 6.07) is -0.118. The predicted molar refractivity (Wildman–Crippen MR) is 172 cm³/mol. The Labute approximate surface area is 261 Å². The summed E-state index contributed by atoms with van der Waals surface area (Å²) in [7, 11) is 0. The number of thiol groups is 1. The summed E-state index contributed by atoms with van der Waals surface area (Å²) in [6.45, 7) is 13.1. The average molecular weight is 629 g/mol. The van der Waals surface area contributed by atoms with Gasteiger partial charge in [-0.3, -0.25) is 38.6 Å². The number of carbonyl (C=O) groups excluding carboxylic acids is 6. The van der Waals surface area contributed by atoms with E-state index in [2.05, 4.69) is 37.1 Å². The number of unbranched alkanes of at least 4 members (excludes halogenated alkanes) is 4. The van der Waals surface area contributed by atoms with Crippen LogP contribution in [0.25, 0.3) is 0 Å². The second-order valence-corrected chi connectivity index (χ2v) is 12.3. The monoisotopic (exact) mass is 628 g/mol. The van der Waals surface area contributed by atoms with Gasteiger partial charge in [-0.1, -0.05) is 39.5 Å². The fourth-order valence-electron chi connectivity index (χ4n) is 3.99. The van der Waals surface area contributed by atoms with Crippen molar-refractivity contribution in [3.05, 3.63) is 12.2 Å². The minimum atomic E-state index is -0.312. The zero-order chi connectivity index (χ0) is 32.1. The number of hydrogen-bond donors (Lipinski definition) is 3. The van der Waals surface area contributed by atoms with Gasteiger partial charge < -0.3 is 10.6 Å². The van der Waals surface area contributed by atoms with E-state index >= 15 is 0 Å². The van der Waals surface area contributed by atoms with Crippen molar-refractivity contribution in [1.29, 1.82) is 0 Å². The highest BCUT2D eigenvalue weighted by Crippen LogP contribution is 2.27. The highest BCUT2D eigenvalue weighted by molar-refractivity contribution is 8.00. The number of likely N-dealkylation sites (tertiary alicyclic amines) is 1. The van der Waals surface area contributed by atoms with Crippen LogP contribution in [-0.4, -0.2) is 87.2 Å². The lowest BCUT2D eigenvalue weighted by molar-refractivity contribution is -0.141. The Bertz CT molecular complexity index is 892. The molecular formula is C30H52N4O6S2. The standard InChI is InChI=1S/C15H26N2O3S.C8H17NOS.C7H9NO2/c1-4-5-6-8-16-13(18)7-9-21-12-10-14(19)17(11(2)3)15(12)20;1-2-3-4-6-9-8(10)5-7-11;1-5(2)8-6(9)3-4-7(8)10/h11-12H,4-10H2,1-3H3,(H,16,18);11H,2-7H2,1H3,(H,9,10);3-5H,1-2H3. The number of thioether (sulfide) groups is 1. The number of carbonyl (C=O) groups is 6. The lowest BCUT2D eigenvalue weighted by Crippen LogP contribution is -2.37. The summed E-state index contributed by atoms with van der Waals surface area (Å²) in [6.07, 6.45) is 10.5. The third-order valence-corrected chi connectivity index (χ3v) is 7.64. The molecule has 2 N–H and O–H groups in total. The van der Waals surface area contributed by atoms with Gasteiger partial charge in [0.05, 0.1) is 5.25 Å². The highest BCUT2D eigenvalue weighted by atomic mass is 32.2. The molecule has 1 saturated heterocycles. The molecule has 42 heavy (non-hydrogen) atoms. The number of amides is 6. The van der Waals surface area contributed by atoms with Crippen molar-refractivity contribution in [2.24, 2.45) is 0 Å². The molecule has 2 aliphatic rings. The van der Waals surface area contributed by atoms with E-state index in [-0.39, 0.29) is 59.2 Å². The first-order valence-electron chi connectivity index (χ1n) is 15.1. The van der Waals surface area contributed by atoms with Gasteiger partial charge in [0.15, 0.2) is 0 Å². The van der Waals surface area contributed by atoms with Crippen LogP contribution in [0.2, 0.25) is 0 Å². The predicted octanol–water partition coefficient (Wildman–Crippen LogP) is 3.88. The average Bonchev–Trinajstić information content (AvgIpc) is 3.41. The summed E-state index contributed by atoms with van der Waals surface area (Å²) in [5.74, 6) is 0.738. The third kappa shape index (κ3) is 16.3. The van der Waals surface area contributed by atoms with Crippen LogP contribution in [0, 0.1) is 0 Å². The Morgan fingerprint density at radius 2 is 1.31 bits per heavy atom. The fraction of sp³-hybridized carbons (Fsp3) is 0.733. The van der Waals surface area contributed by atoms with E-state index in [0.717, 1.165) is 38.8 Å². The zero-order valence-electron chi connectivity index (χ0n) is 26.3. The number of hydrogen-bond acceptors (Lipinski definition) is 8. The largest absolute Gasteiger partial charge is 0.356 e. The maximum atomic E-state index is 12.1. The Hall–Kier alpha value is -2.34. The molecule has 2 aliphatic heterocycles. The Balaban J connectivity index is 0.000000670. The van der Waals surface area contributed by atoms with Crippen molar-refractivity contribution in [1.82, 2.24) is 20.4 Å². The van der Waals surface area contributed by atoms with Crippen LogP contribution in [0.15, 0.2) is 12.2 Å². The normalized spacial score (nSPS) is 16.1. The molecule has 240 valence electrons. The van der Waals surface area contributed by atoms with Crippen LogP contribution in [0.5, 0.6) is 0 Å². The van der Waals surface area contributed by atoms with Gasteiger partial charge in [0.1, 0.15) is 0 Å². The molecule has 0 saturated carbocycles. The SMILES string of the molecule is CC(C)N1C(=O)C=CC1=O.CCCCCNC(=O)CCS.CCCCCNC(=O)CCSC1CC(=O)N(C(C)C)C1=O. The van der Waals surface area contributed by atoms with Gasteiger partial charge in [-0.2, -0.15) is 12.6 Å². The molecule has 0 aromatic carbocycles. The highest BCUT2D eigenvalue weighted by Gasteiger charge is 2.39. The molecule has 0 spiro atoms. The summed E-state index contributed by atoms with van der Waals surface area (Å²) in [4.78, 5) is 70.5. The van der Waals surface area contributed by atoms with Gasteiger partial charge >= 0.3 is 0 Å². The van der Waals surface area contributed by atoms with E-state index in [4.69, 9.17) is 0 Å². The quantitative estimate of drug-likeness (QED) is 0.134. The van der Waals surface area contributed by atoms with E-state index in [9.17, 15) is 28.8 Å². The second kappa shape index (κ2) is 23.2. The first kappa shape index (κ1) is 39.7. The second-order valence-electron chi connectivity index (χ2n) is 10.6. The van der Waals surface area contributed by atoms with Gasteiger partial charge in [0.2, 0.25) is 23.6 Å². The molecule has 2 heterocycles. The summed E-state index contributed by atoms with van der Waals surface area (Å²) in [5.41, 5.74) is 0. The molecule has 1 fully saturated rings. The molecule has 1 unspecified atom stereocenters. The lowest BCUT2D eigenvalue weighted by atomic mass is 10.2. The van der Waals surface area contributed by atoms with Gasteiger partial charge in [-0.05, 0) is 46.3 Å². The van der Waals surface area contributed by atoms with E-state index in [1.54, 1.807) is 0 Å². The Kier molecular flexibility index (Phi) is 21.9. The number of nitrogens with one attached hydrogen (secondary N) is 2.